The van der Waals surface area contributed by atoms with E-state index in [-0.39, 0.29) is 6.04 Å². The normalized spacial score (nSPS) is 18.2. The Hall–Kier alpha value is -2.19. The van der Waals surface area contributed by atoms with Gasteiger partial charge in [-0.1, -0.05) is 31.2 Å². The van der Waals surface area contributed by atoms with Gasteiger partial charge < -0.3 is 4.42 Å². The van der Waals surface area contributed by atoms with Crippen LogP contribution in [0.5, 0.6) is 0 Å². The fraction of sp³-hybridized carbons (Fsp3) is 0.438. The Kier molecular flexibility index (Phi) is 3.98. The second-order valence-corrected chi connectivity index (χ2v) is 5.25. The first-order valence-corrected chi connectivity index (χ1v) is 7.32. The fourth-order valence-electron chi connectivity index (χ4n) is 2.79. The van der Waals surface area contributed by atoms with Gasteiger partial charge >= 0.3 is 0 Å². The van der Waals surface area contributed by atoms with Crippen molar-refractivity contribution < 1.29 is 4.42 Å². The van der Waals surface area contributed by atoms with E-state index >= 15 is 0 Å². The zero-order valence-corrected chi connectivity index (χ0v) is 12.1. The van der Waals surface area contributed by atoms with Gasteiger partial charge in [0.25, 0.3) is 0 Å². The van der Waals surface area contributed by atoms with Crippen LogP contribution in [0.15, 0.2) is 28.7 Å². The summed E-state index contributed by atoms with van der Waals surface area (Å²) in [4.78, 5) is 2.26. The van der Waals surface area contributed by atoms with Gasteiger partial charge in [-0.2, -0.15) is 5.26 Å². The van der Waals surface area contributed by atoms with E-state index in [1.54, 1.807) is 0 Å². The highest BCUT2D eigenvalue weighted by Crippen LogP contribution is 2.32. The van der Waals surface area contributed by atoms with Crippen molar-refractivity contribution >= 4 is 0 Å². The molecule has 0 spiro atoms. The average Bonchev–Trinajstić information content (AvgIpc) is 3.01. The van der Waals surface area contributed by atoms with Crippen LogP contribution in [0.1, 0.15) is 42.3 Å². The predicted octanol–water partition coefficient (Wildman–Crippen LogP) is 2.65. The van der Waals surface area contributed by atoms with E-state index in [1.807, 2.05) is 6.92 Å². The molecule has 1 unspecified atom stereocenters. The summed E-state index contributed by atoms with van der Waals surface area (Å²) >= 11 is 0. The maximum Gasteiger partial charge on any atom is 0.233 e. The first kappa shape index (κ1) is 13.8. The standard InChI is InChI=1S/C16H18N4O/c1-2-15-18-19-16(21-15)14-10-12-6-3-4-7-13(12)11-20(14)9-5-8-17/h3-4,6-7,14H,2,5,9-11H2,1H3. The Morgan fingerprint density at radius 2 is 2.14 bits per heavy atom. The molecule has 1 atom stereocenters. The second kappa shape index (κ2) is 6.06. The Labute approximate surface area is 124 Å². The number of aromatic nitrogens is 2. The molecule has 1 aliphatic rings. The third-order valence-corrected chi connectivity index (χ3v) is 3.93. The Morgan fingerprint density at radius 3 is 2.86 bits per heavy atom. The molecule has 108 valence electrons. The van der Waals surface area contributed by atoms with E-state index in [2.05, 4.69) is 45.4 Å². The van der Waals surface area contributed by atoms with Crippen molar-refractivity contribution in [1.82, 2.24) is 15.1 Å². The van der Waals surface area contributed by atoms with Crippen LogP contribution >= 0.6 is 0 Å². The highest BCUT2D eigenvalue weighted by atomic mass is 16.4. The van der Waals surface area contributed by atoms with Crippen LogP contribution in [0.4, 0.5) is 0 Å². The van der Waals surface area contributed by atoms with E-state index in [1.165, 1.54) is 11.1 Å². The van der Waals surface area contributed by atoms with Crippen molar-refractivity contribution in [3.63, 3.8) is 0 Å². The molecule has 3 rings (SSSR count). The monoisotopic (exact) mass is 282 g/mol. The number of rotatable bonds is 4. The van der Waals surface area contributed by atoms with Crippen molar-refractivity contribution in [3.05, 3.63) is 47.2 Å². The van der Waals surface area contributed by atoms with Gasteiger partial charge in [0.05, 0.1) is 12.1 Å². The van der Waals surface area contributed by atoms with Gasteiger partial charge in [0, 0.05) is 25.9 Å². The lowest BCUT2D eigenvalue weighted by Crippen LogP contribution is -2.35. The van der Waals surface area contributed by atoms with Crippen LogP contribution in [-0.4, -0.2) is 21.6 Å². The Bertz CT molecular complexity index is 658. The summed E-state index contributed by atoms with van der Waals surface area (Å²) in [6.45, 7) is 3.55. The highest BCUT2D eigenvalue weighted by molar-refractivity contribution is 5.30. The topological polar surface area (TPSA) is 66.0 Å². The molecule has 21 heavy (non-hydrogen) atoms. The molecule has 0 fully saturated rings. The summed E-state index contributed by atoms with van der Waals surface area (Å²) in [5, 5.41) is 17.1. The molecule has 2 heterocycles. The first-order valence-electron chi connectivity index (χ1n) is 7.32. The van der Waals surface area contributed by atoms with Gasteiger partial charge in [0.2, 0.25) is 11.8 Å². The van der Waals surface area contributed by atoms with Crippen molar-refractivity contribution in [2.75, 3.05) is 6.54 Å². The molecule has 0 bridgehead atoms. The molecule has 0 aliphatic carbocycles. The molecule has 0 amide bonds. The van der Waals surface area contributed by atoms with Crippen molar-refractivity contribution in [2.24, 2.45) is 0 Å². The quantitative estimate of drug-likeness (QED) is 0.862. The molecule has 1 aliphatic heterocycles. The van der Waals surface area contributed by atoms with Crippen molar-refractivity contribution in [3.8, 4) is 6.07 Å². The molecule has 2 aromatic rings. The molecule has 1 aromatic heterocycles. The summed E-state index contributed by atoms with van der Waals surface area (Å²) < 4.78 is 5.75. The largest absolute Gasteiger partial charge is 0.424 e. The van der Waals surface area contributed by atoms with Crippen LogP contribution < -0.4 is 0 Å². The third kappa shape index (κ3) is 2.81. The van der Waals surface area contributed by atoms with Gasteiger partial charge in [-0.25, -0.2) is 0 Å². The number of nitrogens with zero attached hydrogens (tertiary/aromatic N) is 4. The number of nitriles is 1. The average molecular weight is 282 g/mol. The van der Waals surface area contributed by atoms with Crippen LogP contribution in [0, 0.1) is 11.3 Å². The number of aryl methyl sites for hydroxylation is 1. The van der Waals surface area contributed by atoms with E-state index < -0.39 is 0 Å². The Balaban J connectivity index is 1.90. The number of hydrogen-bond acceptors (Lipinski definition) is 5. The lowest BCUT2D eigenvalue weighted by molar-refractivity contribution is 0.148. The molecular formula is C16H18N4O. The second-order valence-electron chi connectivity index (χ2n) is 5.25. The lowest BCUT2D eigenvalue weighted by Gasteiger charge is -2.34. The molecule has 0 N–H and O–H groups in total. The lowest BCUT2D eigenvalue weighted by atomic mass is 9.94. The summed E-state index contributed by atoms with van der Waals surface area (Å²) in [5.41, 5.74) is 2.65. The zero-order chi connectivity index (χ0) is 14.7. The Morgan fingerprint density at radius 1 is 1.33 bits per heavy atom. The van der Waals surface area contributed by atoms with E-state index in [9.17, 15) is 0 Å². The molecule has 0 saturated carbocycles. The van der Waals surface area contributed by atoms with Gasteiger partial charge in [-0.15, -0.1) is 10.2 Å². The van der Waals surface area contributed by atoms with Gasteiger partial charge in [-0.3, -0.25) is 4.90 Å². The summed E-state index contributed by atoms with van der Waals surface area (Å²) in [6.07, 6.45) is 2.11. The molecular weight excluding hydrogens is 264 g/mol. The van der Waals surface area contributed by atoms with Crippen LogP contribution in [0.25, 0.3) is 0 Å². The van der Waals surface area contributed by atoms with E-state index in [0.717, 1.165) is 25.9 Å². The molecule has 5 heteroatoms. The van der Waals surface area contributed by atoms with Crippen molar-refractivity contribution in [2.45, 2.75) is 38.8 Å². The fourth-order valence-corrected chi connectivity index (χ4v) is 2.79. The van der Waals surface area contributed by atoms with Gasteiger partial charge in [0.1, 0.15) is 0 Å². The van der Waals surface area contributed by atoms with Gasteiger partial charge in [0.15, 0.2) is 0 Å². The first-order chi connectivity index (χ1) is 10.3. The maximum atomic E-state index is 8.86. The van der Waals surface area contributed by atoms with Crippen LogP contribution in [-0.2, 0) is 19.4 Å². The van der Waals surface area contributed by atoms with E-state index in [4.69, 9.17) is 9.68 Å². The number of fused-ring (bicyclic) bond motifs is 1. The van der Waals surface area contributed by atoms with Gasteiger partial charge in [-0.05, 0) is 17.5 Å². The molecule has 0 radical (unpaired) electrons. The van der Waals surface area contributed by atoms with Crippen LogP contribution in [0.3, 0.4) is 0 Å². The molecule has 1 aromatic carbocycles. The minimum atomic E-state index is 0.0704. The highest BCUT2D eigenvalue weighted by Gasteiger charge is 2.30. The third-order valence-electron chi connectivity index (χ3n) is 3.93. The molecule has 0 saturated heterocycles. The minimum absolute atomic E-state index is 0.0704. The smallest absolute Gasteiger partial charge is 0.233 e. The minimum Gasteiger partial charge on any atom is -0.424 e. The zero-order valence-electron chi connectivity index (χ0n) is 12.1. The van der Waals surface area contributed by atoms with Crippen molar-refractivity contribution in [1.29, 1.82) is 5.26 Å². The van der Waals surface area contributed by atoms with Crippen LogP contribution in [0.2, 0.25) is 0 Å². The summed E-state index contributed by atoms with van der Waals surface area (Å²) in [7, 11) is 0. The predicted molar refractivity (Wildman–Crippen MR) is 77.2 cm³/mol. The number of hydrogen-bond donors (Lipinski definition) is 0. The SMILES string of the molecule is CCc1nnc(C2Cc3ccccc3CN2CCC#N)o1. The number of benzene rings is 1. The molecule has 5 nitrogen and oxygen atoms in total. The summed E-state index contributed by atoms with van der Waals surface area (Å²) in [5.74, 6) is 1.34. The summed E-state index contributed by atoms with van der Waals surface area (Å²) in [6, 6.07) is 10.7. The van der Waals surface area contributed by atoms with E-state index in [0.29, 0.717) is 18.2 Å². The maximum absolute atomic E-state index is 8.86.